The summed E-state index contributed by atoms with van der Waals surface area (Å²) < 4.78 is 12.9. The van der Waals surface area contributed by atoms with E-state index in [1.54, 1.807) is 19.2 Å². The van der Waals surface area contributed by atoms with E-state index in [1.807, 2.05) is 6.07 Å². The molecule has 0 amide bonds. The Morgan fingerprint density at radius 1 is 1.33 bits per heavy atom. The van der Waals surface area contributed by atoms with Crippen LogP contribution in [-0.2, 0) is 0 Å². The fourth-order valence-electron chi connectivity index (χ4n) is 1.07. The Morgan fingerprint density at radius 2 is 2.17 bits per heavy atom. The Labute approximate surface area is 69.1 Å². The molecule has 0 bridgehead atoms. The third kappa shape index (κ3) is 1.03. The van der Waals surface area contributed by atoms with E-state index in [-0.39, 0.29) is 5.82 Å². The maximum atomic E-state index is 12.9. The average molecular weight is 162 g/mol. The van der Waals surface area contributed by atoms with E-state index < -0.39 is 0 Å². The van der Waals surface area contributed by atoms with Gasteiger partial charge in [0.05, 0.1) is 16.7 Å². The van der Waals surface area contributed by atoms with Gasteiger partial charge in [-0.25, -0.2) is 9.37 Å². The maximum Gasteiger partial charge on any atom is 0.146 e. The van der Waals surface area contributed by atoms with Gasteiger partial charge in [-0.3, -0.25) is 4.98 Å². The molecule has 0 unspecified atom stereocenters. The highest BCUT2D eigenvalue weighted by Crippen LogP contribution is 2.11. The molecule has 2 aromatic rings. The number of fused-ring (bicyclic) bond motifs is 1. The van der Waals surface area contributed by atoms with Crippen molar-refractivity contribution in [2.45, 2.75) is 6.92 Å². The van der Waals surface area contributed by atoms with Crippen molar-refractivity contribution in [3.63, 3.8) is 0 Å². The van der Waals surface area contributed by atoms with Crippen molar-refractivity contribution in [2.75, 3.05) is 0 Å². The lowest BCUT2D eigenvalue weighted by molar-refractivity contribution is 0.612. The van der Waals surface area contributed by atoms with Crippen LogP contribution in [0.15, 0.2) is 24.4 Å². The summed E-state index contributed by atoms with van der Waals surface area (Å²) in [4.78, 5) is 8.02. The Kier molecular flexibility index (Phi) is 1.50. The van der Waals surface area contributed by atoms with E-state index in [0.717, 1.165) is 5.52 Å². The van der Waals surface area contributed by atoms with Crippen molar-refractivity contribution >= 4 is 11.0 Å². The molecule has 0 saturated carbocycles. The van der Waals surface area contributed by atoms with Gasteiger partial charge >= 0.3 is 0 Å². The zero-order valence-corrected chi connectivity index (χ0v) is 6.58. The molecule has 0 aliphatic heterocycles. The lowest BCUT2D eigenvalue weighted by atomic mass is 10.3. The fraction of sp³-hybridized carbons (Fsp3) is 0.111. The van der Waals surface area contributed by atoms with Gasteiger partial charge in [0.1, 0.15) is 5.82 Å². The Hall–Kier alpha value is -1.51. The number of nitrogens with zero attached hydrogens (tertiary/aromatic N) is 2. The van der Waals surface area contributed by atoms with E-state index in [1.165, 1.54) is 6.07 Å². The summed E-state index contributed by atoms with van der Waals surface area (Å²) in [6.45, 7) is 1.64. The number of pyridine rings is 2. The van der Waals surface area contributed by atoms with Crippen LogP contribution in [-0.4, -0.2) is 9.97 Å². The molecule has 2 rings (SSSR count). The first-order valence-corrected chi connectivity index (χ1v) is 3.65. The molecule has 0 atom stereocenters. The van der Waals surface area contributed by atoms with E-state index in [0.29, 0.717) is 11.2 Å². The van der Waals surface area contributed by atoms with E-state index in [9.17, 15) is 4.39 Å². The largest absolute Gasteiger partial charge is 0.255 e. The predicted octanol–water partition coefficient (Wildman–Crippen LogP) is 2.08. The highest BCUT2D eigenvalue weighted by atomic mass is 19.1. The fourth-order valence-corrected chi connectivity index (χ4v) is 1.07. The molecule has 0 N–H and O–H groups in total. The van der Waals surface area contributed by atoms with Gasteiger partial charge in [0, 0.05) is 12.3 Å². The van der Waals surface area contributed by atoms with E-state index in [4.69, 9.17) is 0 Å². The van der Waals surface area contributed by atoms with Crippen LogP contribution < -0.4 is 0 Å². The lowest BCUT2D eigenvalue weighted by Gasteiger charge is -1.97. The summed E-state index contributed by atoms with van der Waals surface area (Å²) >= 11 is 0. The van der Waals surface area contributed by atoms with Gasteiger partial charge in [0.15, 0.2) is 0 Å². The van der Waals surface area contributed by atoms with Gasteiger partial charge in [-0.2, -0.15) is 0 Å². The molecule has 0 fully saturated rings. The highest BCUT2D eigenvalue weighted by molar-refractivity contribution is 5.73. The Bertz CT molecular complexity index is 385. The summed E-state index contributed by atoms with van der Waals surface area (Å²) in [6.07, 6.45) is 1.62. The van der Waals surface area contributed by atoms with Gasteiger partial charge in [0.25, 0.3) is 0 Å². The van der Waals surface area contributed by atoms with Crippen LogP contribution in [0.1, 0.15) is 5.69 Å². The van der Waals surface area contributed by atoms with Crippen molar-refractivity contribution in [1.29, 1.82) is 0 Å². The van der Waals surface area contributed by atoms with Crippen LogP contribution >= 0.6 is 0 Å². The summed E-state index contributed by atoms with van der Waals surface area (Å²) in [5.41, 5.74) is 1.74. The molecular formula is C9H7FN2. The monoisotopic (exact) mass is 162 g/mol. The van der Waals surface area contributed by atoms with E-state index in [2.05, 4.69) is 9.97 Å². The maximum absolute atomic E-state index is 12.9. The Morgan fingerprint density at radius 3 is 3.00 bits per heavy atom. The summed E-state index contributed by atoms with van der Waals surface area (Å²) in [6, 6.07) is 5.00. The zero-order valence-electron chi connectivity index (χ0n) is 6.58. The Balaban J connectivity index is 2.84. The third-order valence-electron chi connectivity index (χ3n) is 1.71. The molecule has 60 valence electrons. The second-order valence-corrected chi connectivity index (χ2v) is 2.60. The predicted molar refractivity (Wildman–Crippen MR) is 44.2 cm³/mol. The standard InChI is InChI=1S/C9H7FN2/c1-6-7(10)5-9-8(12-6)3-2-4-11-9/h2-5H,1H3. The second-order valence-electron chi connectivity index (χ2n) is 2.60. The molecule has 3 heteroatoms. The van der Waals surface area contributed by atoms with Crippen molar-refractivity contribution in [3.8, 4) is 0 Å². The first-order chi connectivity index (χ1) is 5.77. The van der Waals surface area contributed by atoms with Gasteiger partial charge in [0.2, 0.25) is 0 Å². The van der Waals surface area contributed by atoms with Crippen molar-refractivity contribution in [1.82, 2.24) is 9.97 Å². The zero-order chi connectivity index (χ0) is 8.55. The molecule has 0 aromatic carbocycles. The van der Waals surface area contributed by atoms with Gasteiger partial charge in [-0.1, -0.05) is 0 Å². The van der Waals surface area contributed by atoms with Crippen LogP contribution in [0, 0.1) is 12.7 Å². The van der Waals surface area contributed by atoms with Crippen molar-refractivity contribution in [3.05, 3.63) is 35.9 Å². The van der Waals surface area contributed by atoms with Gasteiger partial charge < -0.3 is 0 Å². The molecule has 0 aliphatic rings. The summed E-state index contributed by atoms with van der Waals surface area (Å²) in [5, 5.41) is 0. The SMILES string of the molecule is Cc1nc2cccnc2cc1F. The molecule has 0 radical (unpaired) electrons. The van der Waals surface area contributed by atoms with Gasteiger partial charge in [-0.15, -0.1) is 0 Å². The normalized spacial score (nSPS) is 10.5. The smallest absolute Gasteiger partial charge is 0.146 e. The number of aryl methyl sites for hydroxylation is 1. The summed E-state index contributed by atoms with van der Waals surface area (Å²) in [7, 11) is 0. The third-order valence-corrected chi connectivity index (χ3v) is 1.71. The summed E-state index contributed by atoms with van der Waals surface area (Å²) in [5.74, 6) is -0.304. The lowest BCUT2D eigenvalue weighted by Crippen LogP contribution is -1.89. The van der Waals surface area contributed by atoms with Gasteiger partial charge in [-0.05, 0) is 19.1 Å². The van der Waals surface area contributed by atoms with Crippen LogP contribution in [0.5, 0.6) is 0 Å². The van der Waals surface area contributed by atoms with Crippen molar-refractivity contribution in [2.24, 2.45) is 0 Å². The molecule has 2 aromatic heterocycles. The topological polar surface area (TPSA) is 25.8 Å². The molecule has 0 aliphatic carbocycles. The van der Waals surface area contributed by atoms with Crippen molar-refractivity contribution < 1.29 is 4.39 Å². The van der Waals surface area contributed by atoms with Crippen LogP contribution in [0.3, 0.4) is 0 Å². The number of hydrogen-bond acceptors (Lipinski definition) is 2. The van der Waals surface area contributed by atoms with Crippen LogP contribution in [0.2, 0.25) is 0 Å². The molecule has 12 heavy (non-hydrogen) atoms. The molecule has 0 spiro atoms. The minimum Gasteiger partial charge on any atom is -0.255 e. The number of hydrogen-bond donors (Lipinski definition) is 0. The number of halogens is 1. The minimum atomic E-state index is -0.304. The second kappa shape index (κ2) is 2.52. The van der Waals surface area contributed by atoms with Crippen LogP contribution in [0.4, 0.5) is 4.39 Å². The van der Waals surface area contributed by atoms with E-state index >= 15 is 0 Å². The molecule has 0 saturated heterocycles. The number of aromatic nitrogens is 2. The molecule has 2 nitrogen and oxygen atoms in total. The van der Waals surface area contributed by atoms with Crippen LogP contribution in [0.25, 0.3) is 11.0 Å². The molecule has 2 heterocycles. The quantitative estimate of drug-likeness (QED) is 0.592. The number of rotatable bonds is 0. The average Bonchev–Trinajstić information content (AvgIpc) is 2.07. The molecular weight excluding hydrogens is 155 g/mol. The first-order valence-electron chi connectivity index (χ1n) is 3.65. The first kappa shape index (κ1) is 7.16. The minimum absolute atomic E-state index is 0.304. The highest BCUT2D eigenvalue weighted by Gasteiger charge is 2.01.